The highest BCUT2D eigenvalue weighted by molar-refractivity contribution is 4.64. The molecule has 0 radical (unpaired) electrons. The third-order valence-electron chi connectivity index (χ3n) is 1.75. The lowest BCUT2D eigenvalue weighted by Crippen LogP contribution is -2.21. The van der Waals surface area contributed by atoms with E-state index in [0.29, 0.717) is 0 Å². The zero-order valence-electron chi connectivity index (χ0n) is 7.69. The molecule has 0 saturated carbocycles. The van der Waals surface area contributed by atoms with Crippen LogP contribution in [0.3, 0.4) is 0 Å². The Hall–Kier alpha value is -0.940. The molecule has 1 heterocycles. The van der Waals surface area contributed by atoms with E-state index in [1.54, 1.807) is 10.9 Å². The van der Waals surface area contributed by atoms with Gasteiger partial charge < -0.3 is 10.4 Å². The molecule has 0 fully saturated rings. The van der Waals surface area contributed by atoms with Crippen LogP contribution in [-0.2, 0) is 6.54 Å². The number of aliphatic hydroxyl groups excluding tert-OH is 1. The van der Waals surface area contributed by atoms with Crippen molar-refractivity contribution in [2.24, 2.45) is 0 Å². The van der Waals surface area contributed by atoms with Crippen LogP contribution in [0.2, 0.25) is 0 Å². The minimum absolute atomic E-state index is 0.282. The molecular weight excluding hydrogens is 168 g/mol. The average Bonchev–Trinajstić information content (AvgIpc) is 2.63. The summed E-state index contributed by atoms with van der Waals surface area (Å²) < 4.78 is 1.79. The Morgan fingerprint density at radius 2 is 2.23 bits per heavy atom. The summed E-state index contributed by atoms with van der Waals surface area (Å²) in [4.78, 5) is 0. The lowest BCUT2D eigenvalue weighted by atomic mass is 10.3. The van der Waals surface area contributed by atoms with Crippen LogP contribution in [0.1, 0.15) is 12.8 Å². The maximum absolute atomic E-state index is 8.52. The van der Waals surface area contributed by atoms with Crippen LogP contribution in [0.25, 0.3) is 0 Å². The predicted octanol–water partition coefficient (Wildman–Crippen LogP) is -0.360. The Balaban J connectivity index is 1.90. The van der Waals surface area contributed by atoms with Gasteiger partial charge in [-0.2, -0.15) is 0 Å². The van der Waals surface area contributed by atoms with Crippen LogP contribution in [0.15, 0.2) is 12.4 Å². The molecule has 0 unspecified atom stereocenters. The average molecular weight is 184 g/mol. The van der Waals surface area contributed by atoms with E-state index in [4.69, 9.17) is 5.11 Å². The molecule has 0 aliphatic rings. The maximum Gasteiger partial charge on any atom is 0.0692 e. The molecule has 1 rings (SSSR count). The van der Waals surface area contributed by atoms with Gasteiger partial charge in [-0.15, -0.1) is 5.10 Å². The van der Waals surface area contributed by atoms with E-state index in [-0.39, 0.29) is 6.61 Å². The maximum atomic E-state index is 8.52. The number of unbranched alkanes of at least 4 members (excludes halogenated alkanes) is 1. The van der Waals surface area contributed by atoms with E-state index in [9.17, 15) is 0 Å². The van der Waals surface area contributed by atoms with E-state index in [2.05, 4.69) is 15.6 Å². The second-order valence-electron chi connectivity index (χ2n) is 2.85. The fourth-order valence-electron chi connectivity index (χ4n) is 1.03. The molecule has 0 atom stereocenters. The Morgan fingerprint density at radius 1 is 1.31 bits per heavy atom. The van der Waals surface area contributed by atoms with Crippen LogP contribution in [-0.4, -0.2) is 39.8 Å². The van der Waals surface area contributed by atoms with Gasteiger partial charge in [0.1, 0.15) is 0 Å². The number of hydrogen-bond acceptors (Lipinski definition) is 4. The zero-order valence-corrected chi connectivity index (χ0v) is 7.69. The molecule has 0 aliphatic carbocycles. The lowest BCUT2D eigenvalue weighted by Gasteiger charge is -2.03. The van der Waals surface area contributed by atoms with Crippen LogP contribution in [0, 0.1) is 0 Å². The van der Waals surface area contributed by atoms with Crippen molar-refractivity contribution in [1.82, 2.24) is 20.3 Å². The van der Waals surface area contributed by atoms with E-state index in [1.807, 2.05) is 6.20 Å². The molecule has 13 heavy (non-hydrogen) atoms. The van der Waals surface area contributed by atoms with Crippen molar-refractivity contribution in [3.8, 4) is 0 Å². The molecular formula is C8H16N4O. The number of hydrogen-bond donors (Lipinski definition) is 2. The van der Waals surface area contributed by atoms with Gasteiger partial charge in [-0.1, -0.05) is 5.21 Å². The number of nitrogens with zero attached hydrogens (tertiary/aromatic N) is 3. The van der Waals surface area contributed by atoms with Crippen molar-refractivity contribution in [3.05, 3.63) is 12.4 Å². The molecule has 0 aromatic carbocycles. The molecule has 5 heteroatoms. The quantitative estimate of drug-likeness (QED) is 0.568. The predicted molar refractivity (Wildman–Crippen MR) is 49.2 cm³/mol. The molecule has 0 amide bonds. The molecule has 1 aromatic rings. The number of aromatic nitrogens is 3. The summed E-state index contributed by atoms with van der Waals surface area (Å²) in [5.74, 6) is 0. The van der Waals surface area contributed by atoms with E-state index in [0.717, 1.165) is 32.5 Å². The minimum atomic E-state index is 0.282. The summed E-state index contributed by atoms with van der Waals surface area (Å²) in [5.41, 5.74) is 0. The van der Waals surface area contributed by atoms with Crippen molar-refractivity contribution in [2.45, 2.75) is 19.4 Å². The standard InChI is InChI=1S/C8H16N4O/c13-8-2-1-3-9-4-6-12-7-5-10-11-12/h5,7,9,13H,1-4,6,8H2. The van der Waals surface area contributed by atoms with Crippen molar-refractivity contribution in [2.75, 3.05) is 19.7 Å². The second-order valence-corrected chi connectivity index (χ2v) is 2.85. The van der Waals surface area contributed by atoms with Gasteiger partial charge in [0.15, 0.2) is 0 Å². The first kappa shape index (κ1) is 10.1. The summed E-state index contributed by atoms with van der Waals surface area (Å²) >= 11 is 0. The van der Waals surface area contributed by atoms with Gasteiger partial charge in [0, 0.05) is 19.3 Å². The van der Waals surface area contributed by atoms with Gasteiger partial charge in [-0.3, -0.25) is 4.68 Å². The first-order chi connectivity index (χ1) is 6.43. The highest BCUT2D eigenvalue weighted by atomic mass is 16.2. The number of nitrogens with one attached hydrogen (secondary N) is 1. The minimum Gasteiger partial charge on any atom is -0.396 e. The Kier molecular flexibility index (Phi) is 5.12. The summed E-state index contributed by atoms with van der Waals surface area (Å²) in [6.07, 6.45) is 5.41. The largest absolute Gasteiger partial charge is 0.396 e. The van der Waals surface area contributed by atoms with Gasteiger partial charge in [-0.05, 0) is 19.4 Å². The van der Waals surface area contributed by atoms with Crippen molar-refractivity contribution in [3.63, 3.8) is 0 Å². The van der Waals surface area contributed by atoms with Crippen LogP contribution in [0.5, 0.6) is 0 Å². The van der Waals surface area contributed by atoms with Gasteiger partial charge in [-0.25, -0.2) is 0 Å². The van der Waals surface area contributed by atoms with E-state index in [1.165, 1.54) is 0 Å². The summed E-state index contributed by atoms with van der Waals surface area (Å²) in [6, 6.07) is 0. The fraction of sp³-hybridized carbons (Fsp3) is 0.750. The summed E-state index contributed by atoms with van der Waals surface area (Å²) in [5, 5.41) is 19.3. The van der Waals surface area contributed by atoms with Crippen LogP contribution < -0.4 is 5.32 Å². The van der Waals surface area contributed by atoms with Gasteiger partial charge >= 0.3 is 0 Å². The Morgan fingerprint density at radius 3 is 2.92 bits per heavy atom. The number of aliphatic hydroxyl groups is 1. The molecule has 0 bridgehead atoms. The highest BCUT2D eigenvalue weighted by Gasteiger charge is 1.90. The third-order valence-corrected chi connectivity index (χ3v) is 1.75. The smallest absolute Gasteiger partial charge is 0.0692 e. The first-order valence-electron chi connectivity index (χ1n) is 4.59. The van der Waals surface area contributed by atoms with Crippen LogP contribution >= 0.6 is 0 Å². The van der Waals surface area contributed by atoms with Gasteiger partial charge in [0.05, 0.1) is 12.7 Å². The van der Waals surface area contributed by atoms with Crippen molar-refractivity contribution in [1.29, 1.82) is 0 Å². The summed E-state index contributed by atoms with van der Waals surface area (Å²) in [7, 11) is 0. The monoisotopic (exact) mass is 184 g/mol. The molecule has 0 spiro atoms. The van der Waals surface area contributed by atoms with Gasteiger partial charge in [0.2, 0.25) is 0 Å². The fourth-order valence-corrected chi connectivity index (χ4v) is 1.03. The van der Waals surface area contributed by atoms with Crippen LogP contribution in [0.4, 0.5) is 0 Å². The highest BCUT2D eigenvalue weighted by Crippen LogP contribution is 1.84. The molecule has 74 valence electrons. The normalized spacial score (nSPS) is 10.5. The molecule has 0 aliphatic heterocycles. The Bertz CT molecular complexity index is 200. The summed E-state index contributed by atoms with van der Waals surface area (Å²) in [6.45, 7) is 2.98. The SMILES string of the molecule is OCCCCNCCn1ccnn1. The molecule has 5 nitrogen and oxygen atoms in total. The molecule has 0 saturated heterocycles. The second kappa shape index (κ2) is 6.56. The van der Waals surface area contributed by atoms with Crippen molar-refractivity contribution < 1.29 is 5.11 Å². The van der Waals surface area contributed by atoms with Gasteiger partial charge in [0.25, 0.3) is 0 Å². The first-order valence-corrected chi connectivity index (χ1v) is 4.59. The Labute approximate surface area is 77.8 Å². The molecule has 1 aromatic heterocycles. The third kappa shape index (κ3) is 4.59. The molecule has 2 N–H and O–H groups in total. The number of rotatable bonds is 7. The van der Waals surface area contributed by atoms with E-state index < -0.39 is 0 Å². The zero-order chi connectivity index (χ0) is 9.36. The van der Waals surface area contributed by atoms with Crippen molar-refractivity contribution >= 4 is 0 Å². The van der Waals surface area contributed by atoms with E-state index >= 15 is 0 Å². The topological polar surface area (TPSA) is 63.0 Å². The lowest BCUT2D eigenvalue weighted by molar-refractivity contribution is 0.283.